The van der Waals surface area contributed by atoms with E-state index < -0.39 is 17.2 Å². The van der Waals surface area contributed by atoms with E-state index in [-0.39, 0.29) is 30.9 Å². The summed E-state index contributed by atoms with van der Waals surface area (Å²) in [6.45, 7) is 5.55. The van der Waals surface area contributed by atoms with Gasteiger partial charge in [0, 0.05) is 42.3 Å². The summed E-state index contributed by atoms with van der Waals surface area (Å²) in [5.74, 6) is -1.07. The molecule has 2 aromatic carbocycles. The van der Waals surface area contributed by atoms with Gasteiger partial charge in [0.1, 0.15) is 22.6 Å². The SMILES string of the molecule is CCN=C1Pc2cc(F)cc(F)c2Oc2ccc(C(C)(C)O)cc2-c2cn(C)c(=O)c3cc1oc23. The summed E-state index contributed by atoms with van der Waals surface area (Å²) in [4.78, 5) is 17.5. The number of rotatable bonds is 2. The zero-order valence-corrected chi connectivity index (χ0v) is 20.6. The molecule has 1 atom stereocenters. The topological polar surface area (TPSA) is 77.0 Å². The fourth-order valence-electron chi connectivity index (χ4n) is 4.10. The third-order valence-corrected chi connectivity index (χ3v) is 7.13. The highest BCUT2D eigenvalue weighted by Crippen LogP contribution is 2.42. The first-order chi connectivity index (χ1) is 16.6. The minimum Gasteiger partial charge on any atom is -0.453 e. The van der Waals surface area contributed by atoms with Crippen LogP contribution in [0.15, 0.2) is 56.8 Å². The van der Waals surface area contributed by atoms with Gasteiger partial charge in [0.25, 0.3) is 5.56 Å². The Labute approximate surface area is 201 Å². The number of aliphatic hydroxyl groups is 1. The van der Waals surface area contributed by atoms with Crippen LogP contribution in [0.2, 0.25) is 0 Å². The van der Waals surface area contributed by atoms with Crippen LogP contribution in [-0.2, 0) is 12.6 Å². The zero-order valence-electron chi connectivity index (χ0n) is 19.6. The van der Waals surface area contributed by atoms with Gasteiger partial charge in [0.2, 0.25) is 0 Å². The number of aromatic nitrogens is 1. The number of aliphatic imine (C=N–C) groups is 1. The highest BCUT2D eigenvalue weighted by atomic mass is 31.1. The molecule has 35 heavy (non-hydrogen) atoms. The van der Waals surface area contributed by atoms with Crippen molar-refractivity contribution in [1.82, 2.24) is 4.57 Å². The first kappa shape index (κ1) is 23.4. The van der Waals surface area contributed by atoms with Gasteiger partial charge < -0.3 is 18.8 Å². The van der Waals surface area contributed by atoms with Crippen LogP contribution in [0.4, 0.5) is 8.78 Å². The number of furan rings is 1. The van der Waals surface area contributed by atoms with Crippen molar-refractivity contribution in [3.05, 3.63) is 75.9 Å². The summed E-state index contributed by atoms with van der Waals surface area (Å²) in [6, 6.07) is 8.64. The lowest BCUT2D eigenvalue weighted by molar-refractivity contribution is 0.0786. The van der Waals surface area contributed by atoms with Gasteiger partial charge in [-0.05, 0) is 59.2 Å². The Morgan fingerprint density at radius 3 is 2.63 bits per heavy atom. The molecule has 0 amide bonds. The van der Waals surface area contributed by atoms with Crippen LogP contribution < -0.4 is 15.6 Å². The second-order valence-corrected chi connectivity index (χ2v) is 10.2. The molecule has 180 valence electrons. The summed E-state index contributed by atoms with van der Waals surface area (Å²) in [5, 5.41) is 11.3. The Morgan fingerprint density at radius 1 is 1.14 bits per heavy atom. The van der Waals surface area contributed by atoms with Crippen molar-refractivity contribution < 1.29 is 23.0 Å². The lowest BCUT2D eigenvalue weighted by Crippen LogP contribution is -2.17. The van der Waals surface area contributed by atoms with E-state index in [2.05, 4.69) is 4.99 Å². The van der Waals surface area contributed by atoms with E-state index in [0.29, 0.717) is 45.4 Å². The lowest BCUT2D eigenvalue weighted by atomic mass is 9.93. The molecule has 1 aliphatic rings. The molecular formula is C26H23F2N2O4P. The Hall–Kier alpha value is -3.35. The van der Waals surface area contributed by atoms with E-state index >= 15 is 4.39 Å². The molecule has 0 aliphatic carbocycles. The zero-order chi connectivity index (χ0) is 25.1. The maximum atomic E-state index is 15.0. The Bertz CT molecular complexity index is 1580. The largest absolute Gasteiger partial charge is 0.453 e. The van der Waals surface area contributed by atoms with Gasteiger partial charge in [0.15, 0.2) is 17.3 Å². The number of benzene rings is 2. The summed E-state index contributed by atoms with van der Waals surface area (Å²) < 4.78 is 43.0. The number of aryl methyl sites for hydroxylation is 1. The van der Waals surface area contributed by atoms with E-state index in [4.69, 9.17) is 9.15 Å². The van der Waals surface area contributed by atoms with Gasteiger partial charge in [-0.1, -0.05) is 6.07 Å². The van der Waals surface area contributed by atoms with Gasteiger partial charge in [0.05, 0.1) is 11.0 Å². The maximum absolute atomic E-state index is 15.0. The average molecular weight is 496 g/mol. The van der Waals surface area contributed by atoms with E-state index in [1.54, 1.807) is 51.4 Å². The Balaban J connectivity index is 1.92. The molecule has 5 rings (SSSR count). The maximum Gasteiger partial charge on any atom is 0.261 e. The molecular weight excluding hydrogens is 473 g/mol. The third-order valence-electron chi connectivity index (χ3n) is 5.85. The molecule has 0 radical (unpaired) electrons. The molecule has 3 heterocycles. The van der Waals surface area contributed by atoms with Crippen molar-refractivity contribution in [3.63, 3.8) is 0 Å². The first-order valence-corrected chi connectivity index (χ1v) is 12.1. The van der Waals surface area contributed by atoms with Crippen molar-refractivity contribution in [3.8, 4) is 22.6 Å². The van der Waals surface area contributed by atoms with Gasteiger partial charge in [-0.3, -0.25) is 9.79 Å². The number of nitrogens with zero attached hydrogens (tertiary/aromatic N) is 2. The minimum absolute atomic E-state index is 0.112. The first-order valence-electron chi connectivity index (χ1n) is 11.1. The van der Waals surface area contributed by atoms with Crippen molar-refractivity contribution in [1.29, 1.82) is 0 Å². The molecule has 0 spiro atoms. The van der Waals surface area contributed by atoms with Crippen molar-refractivity contribution in [2.45, 2.75) is 26.4 Å². The fourth-order valence-corrected chi connectivity index (χ4v) is 5.33. The fraction of sp³-hybridized carbons (Fsp3) is 0.231. The molecule has 9 heteroatoms. The molecule has 2 aromatic heterocycles. The molecule has 0 saturated heterocycles. The smallest absolute Gasteiger partial charge is 0.261 e. The number of halogens is 2. The second kappa shape index (κ2) is 8.40. The van der Waals surface area contributed by atoms with Crippen molar-refractivity contribution >= 4 is 30.3 Å². The van der Waals surface area contributed by atoms with E-state index in [1.807, 2.05) is 6.92 Å². The van der Waals surface area contributed by atoms with Crippen LogP contribution in [0.25, 0.3) is 22.1 Å². The monoisotopic (exact) mass is 496 g/mol. The summed E-state index contributed by atoms with van der Waals surface area (Å²) in [5.41, 5.74) is 0.956. The van der Waals surface area contributed by atoms with Gasteiger partial charge >= 0.3 is 0 Å². The van der Waals surface area contributed by atoms with Crippen LogP contribution in [0, 0.1) is 11.6 Å². The average Bonchev–Trinajstić information content (AvgIpc) is 3.22. The number of ether oxygens (including phenoxy) is 1. The Kier molecular flexibility index (Phi) is 5.61. The molecule has 1 unspecified atom stereocenters. The quantitative estimate of drug-likeness (QED) is 0.388. The number of fused-ring (bicyclic) bond motifs is 4. The standard InChI is InChI=1S/C26H23F2N2O4P/c1-5-29-24-20-11-16-22(34-20)17(12-30(4)25(16)31)15-8-13(26(2,3)32)6-7-19(15)33-23-18(28)9-14(27)10-21(23)35-24/h6-12,32,35H,5H2,1-4H3. The van der Waals surface area contributed by atoms with Crippen LogP contribution in [-0.4, -0.2) is 21.7 Å². The van der Waals surface area contributed by atoms with Crippen LogP contribution >= 0.6 is 8.58 Å². The van der Waals surface area contributed by atoms with Gasteiger partial charge in [-0.25, -0.2) is 8.78 Å². The predicted octanol–water partition coefficient (Wildman–Crippen LogP) is 5.18. The number of hydrogen-bond donors (Lipinski definition) is 1. The molecule has 0 saturated carbocycles. The van der Waals surface area contributed by atoms with Crippen LogP contribution in [0.3, 0.4) is 0 Å². The number of hydrogen-bond acceptors (Lipinski definition) is 5. The van der Waals surface area contributed by atoms with Gasteiger partial charge in [-0.15, -0.1) is 0 Å². The highest BCUT2D eigenvalue weighted by Gasteiger charge is 2.26. The molecule has 6 nitrogen and oxygen atoms in total. The third kappa shape index (κ3) is 4.07. The molecule has 1 aliphatic heterocycles. The highest BCUT2D eigenvalue weighted by molar-refractivity contribution is 7.66. The molecule has 2 bridgehead atoms. The molecule has 1 N–H and O–H groups in total. The second-order valence-electron chi connectivity index (χ2n) is 8.90. The van der Waals surface area contributed by atoms with Crippen LogP contribution in [0.5, 0.6) is 11.5 Å². The number of pyridine rings is 1. The van der Waals surface area contributed by atoms with Crippen molar-refractivity contribution in [2.24, 2.45) is 12.0 Å². The van der Waals surface area contributed by atoms with Gasteiger partial charge in [-0.2, -0.15) is 0 Å². The minimum atomic E-state index is -1.18. The van der Waals surface area contributed by atoms with Crippen LogP contribution in [0.1, 0.15) is 32.1 Å². The van der Waals surface area contributed by atoms with E-state index in [1.165, 1.54) is 10.6 Å². The van der Waals surface area contributed by atoms with E-state index in [9.17, 15) is 14.3 Å². The Morgan fingerprint density at radius 2 is 1.91 bits per heavy atom. The normalized spacial score (nSPS) is 15.2. The molecule has 0 fully saturated rings. The molecule has 4 aromatic rings. The summed E-state index contributed by atoms with van der Waals surface area (Å²) >= 11 is 0. The van der Waals surface area contributed by atoms with E-state index in [0.717, 1.165) is 6.07 Å². The predicted molar refractivity (Wildman–Crippen MR) is 134 cm³/mol. The lowest BCUT2D eigenvalue weighted by Gasteiger charge is -2.21. The van der Waals surface area contributed by atoms with Crippen molar-refractivity contribution in [2.75, 3.05) is 6.54 Å². The summed E-state index contributed by atoms with van der Waals surface area (Å²) in [6.07, 6.45) is 1.62. The summed E-state index contributed by atoms with van der Waals surface area (Å²) in [7, 11) is 1.34.